The normalized spacial score (nSPS) is 12.5. The van der Waals surface area contributed by atoms with Crippen LogP contribution in [0.3, 0.4) is 0 Å². The van der Waals surface area contributed by atoms with Gasteiger partial charge in [0.15, 0.2) is 8.38 Å². The number of carbonyl (C=O) groups is 1. The lowest BCUT2D eigenvalue weighted by Gasteiger charge is -2.12. The van der Waals surface area contributed by atoms with Crippen LogP contribution >= 0.6 is 8.38 Å². The molecule has 0 spiro atoms. The Morgan fingerprint density at radius 3 is 2.59 bits per heavy atom. The van der Waals surface area contributed by atoms with E-state index in [4.69, 9.17) is 15.5 Å². The summed E-state index contributed by atoms with van der Waals surface area (Å²) >= 11 is 0. The zero-order valence-electron chi connectivity index (χ0n) is 9.41. The van der Waals surface area contributed by atoms with E-state index in [0.717, 1.165) is 5.56 Å². The fourth-order valence-electron chi connectivity index (χ4n) is 1.37. The lowest BCUT2D eigenvalue weighted by molar-refractivity contribution is -0.122. The molecular formula is C11H17N2O3P. The third-order valence-corrected chi connectivity index (χ3v) is 2.87. The van der Waals surface area contributed by atoms with Crippen molar-refractivity contribution in [3.63, 3.8) is 0 Å². The summed E-state index contributed by atoms with van der Waals surface area (Å²) in [6.45, 7) is 0.236. The number of rotatable bonds is 6. The molecule has 1 aromatic carbocycles. The summed E-state index contributed by atoms with van der Waals surface area (Å²) in [6, 6.07) is 8.90. The minimum absolute atomic E-state index is 0.166. The van der Waals surface area contributed by atoms with Gasteiger partial charge in [0, 0.05) is 12.7 Å². The SMILES string of the molecule is N[C@@H](Cc1ccccc1)C(=O)NCCP(O)O. The van der Waals surface area contributed by atoms with Crippen molar-refractivity contribution in [3.05, 3.63) is 35.9 Å². The molecule has 0 fully saturated rings. The fourth-order valence-corrected chi connectivity index (χ4v) is 1.68. The zero-order valence-corrected chi connectivity index (χ0v) is 10.3. The van der Waals surface area contributed by atoms with Crippen LogP contribution in [0.5, 0.6) is 0 Å². The molecule has 1 amide bonds. The Morgan fingerprint density at radius 1 is 1.35 bits per heavy atom. The summed E-state index contributed by atoms with van der Waals surface area (Å²) in [5.41, 5.74) is 6.74. The van der Waals surface area contributed by atoms with Gasteiger partial charge in [-0.15, -0.1) is 0 Å². The average molecular weight is 256 g/mol. The quantitative estimate of drug-likeness (QED) is 0.537. The Kier molecular flexibility index (Phi) is 6.08. The summed E-state index contributed by atoms with van der Waals surface area (Å²) in [5.74, 6) is -0.272. The molecule has 0 aliphatic carbocycles. The average Bonchev–Trinajstić information content (AvgIpc) is 2.29. The van der Waals surface area contributed by atoms with E-state index >= 15 is 0 Å². The third-order valence-electron chi connectivity index (χ3n) is 2.25. The topological polar surface area (TPSA) is 95.6 Å². The summed E-state index contributed by atoms with van der Waals surface area (Å²) in [6.07, 6.45) is 0.638. The fraction of sp³-hybridized carbons (Fsp3) is 0.364. The predicted octanol–water partition coefficient (Wildman–Crippen LogP) is -0.0309. The zero-order chi connectivity index (χ0) is 12.7. The van der Waals surface area contributed by atoms with Crippen molar-refractivity contribution >= 4 is 14.3 Å². The van der Waals surface area contributed by atoms with Gasteiger partial charge in [0.25, 0.3) is 0 Å². The molecule has 94 valence electrons. The largest absolute Gasteiger partial charge is 0.354 e. The van der Waals surface area contributed by atoms with E-state index in [1.807, 2.05) is 30.3 Å². The minimum atomic E-state index is -1.95. The molecule has 6 heteroatoms. The van der Waals surface area contributed by atoms with Gasteiger partial charge in [-0.1, -0.05) is 30.3 Å². The molecular weight excluding hydrogens is 239 g/mol. The second-order valence-electron chi connectivity index (χ2n) is 3.68. The Morgan fingerprint density at radius 2 is 2.00 bits per heavy atom. The van der Waals surface area contributed by atoms with Crippen LogP contribution in [-0.4, -0.2) is 34.4 Å². The van der Waals surface area contributed by atoms with Crippen LogP contribution in [0.25, 0.3) is 0 Å². The van der Waals surface area contributed by atoms with Gasteiger partial charge in [0.05, 0.1) is 6.04 Å². The number of amides is 1. The number of nitrogens with two attached hydrogens (primary N) is 1. The number of benzene rings is 1. The van der Waals surface area contributed by atoms with E-state index in [1.165, 1.54) is 0 Å². The van der Waals surface area contributed by atoms with E-state index in [2.05, 4.69) is 5.32 Å². The number of hydrogen-bond donors (Lipinski definition) is 4. The predicted molar refractivity (Wildman–Crippen MR) is 67.4 cm³/mol. The summed E-state index contributed by atoms with van der Waals surface area (Å²) in [4.78, 5) is 28.9. The first kappa shape index (κ1) is 14.1. The van der Waals surface area contributed by atoms with Crippen molar-refractivity contribution in [1.29, 1.82) is 0 Å². The molecule has 1 aromatic rings. The molecule has 0 heterocycles. The van der Waals surface area contributed by atoms with Crippen LogP contribution in [-0.2, 0) is 11.2 Å². The van der Waals surface area contributed by atoms with Crippen molar-refractivity contribution in [1.82, 2.24) is 5.32 Å². The van der Waals surface area contributed by atoms with E-state index in [-0.39, 0.29) is 18.6 Å². The molecule has 0 aliphatic heterocycles. The van der Waals surface area contributed by atoms with Gasteiger partial charge < -0.3 is 20.8 Å². The van der Waals surface area contributed by atoms with E-state index in [0.29, 0.717) is 6.42 Å². The van der Waals surface area contributed by atoms with Crippen molar-refractivity contribution in [2.45, 2.75) is 12.5 Å². The molecule has 0 radical (unpaired) electrons. The highest BCUT2D eigenvalue weighted by atomic mass is 31.2. The van der Waals surface area contributed by atoms with Crippen LogP contribution in [0.1, 0.15) is 5.56 Å². The molecule has 0 unspecified atom stereocenters. The molecule has 5 nitrogen and oxygen atoms in total. The third kappa shape index (κ3) is 5.75. The summed E-state index contributed by atoms with van der Waals surface area (Å²) in [5, 5.41) is 2.57. The second kappa shape index (κ2) is 7.35. The Labute approximate surface area is 102 Å². The van der Waals surface area contributed by atoms with Crippen LogP contribution in [0, 0.1) is 0 Å². The van der Waals surface area contributed by atoms with Gasteiger partial charge in [0.1, 0.15) is 0 Å². The summed E-state index contributed by atoms with van der Waals surface area (Å²) in [7, 11) is -1.95. The van der Waals surface area contributed by atoms with E-state index in [1.54, 1.807) is 0 Å². The second-order valence-corrected chi connectivity index (χ2v) is 4.87. The monoisotopic (exact) mass is 256 g/mol. The maximum atomic E-state index is 11.5. The molecule has 0 aliphatic rings. The highest BCUT2D eigenvalue weighted by Crippen LogP contribution is 2.20. The Hall–Kier alpha value is -1.00. The first-order valence-electron chi connectivity index (χ1n) is 5.32. The van der Waals surface area contributed by atoms with Crippen molar-refractivity contribution in [2.75, 3.05) is 12.7 Å². The lowest BCUT2D eigenvalue weighted by Crippen LogP contribution is -2.42. The van der Waals surface area contributed by atoms with Crippen LogP contribution < -0.4 is 11.1 Å². The Balaban J connectivity index is 2.32. The first-order chi connectivity index (χ1) is 8.09. The van der Waals surface area contributed by atoms with Crippen molar-refractivity contribution in [2.24, 2.45) is 5.73 Å². The lowest BCUT2D eigenvalue weighted by atomic mass is 10.1. The maximum absolute atomic E-state index is 11.5. The number of nitrogens with one attached hydrogen (secondary N) is 1. The minimum Gasteiger partial charge on any atom is -0.354 e. The van der Waals surface area contributed by atoms with Crippen molar-refractivity contribution in [3.8, 4) is 0 Å². The molecule has 1 rings (SSSR count). The number of hydrogen-bond acceptors (Lipinski definition) is 4. The van der Waals surface area contributed by atoms with E-state index < -0.39 is 14.4 Å². The van der Waals surface area contributed by atoms with Gasteiger partial charge in [-0.3, -0.25) is 4.79 Å². The van der Waals surface area contributed by atoms with Gasteiger partial charge in [0.2, 0.25) is 5.91 Å². The van der Waals surface area contributed by atoms with E-state index in [9.17, 15) is 4.79 Å². The molecule has 17 heavy (non-hydrogen) atoms. The van der Waals surface area contributed by atoms with Gasteiger partial charge in [-0.2, -0.15) is 0 Å². The molecule has 5 N–H and O–H groups in total. The Bertz CT molecular complexity index is 346. The molecule has 0 aromatic heterocycles. The standard InChI is InChI=1S/C11H17N2O3P/c12-10(8-9-4-2-1-3-5-9)11(14)13-6-7-17(15)16/h1-5,10,15-16H,6-8,12H2,(H,13,14)/t10-/m0/s1. The molecule has 0 saturated carbocycles. The first-order valence-corrected chi connectivity index (χ1v) is 6.75. The smallest absolute Gasteiger partial charge is 0.237 e. The molecule has 1 atom stereocenters. The van der Waals surface area contributed by atoms with Crippen LogP contribution in [0.15, 0.2) is 30.3 Å². The van der Waals surface area contributed by atoms with Gasteiger partial charge in [-0.05, 0) is 12.0 Å². The maximum Gasteiger partial charge on any atom is 0.237 e. The molecule has 0 saturated heterocycles. The highest BCUT2D eigenvalue weighted by molar-refractivity contribution is 7.45. The van der Waals surface area contributed by atoms with Crippen molar-refractivity contribution < 1.29 is 14.6 Å². The highest BCUT2D eigenvalue weighted by Gasteiger charge is 2.13. The van der Waals surface area contributed by atoms with Crippen LogP contribution in [0.4, 0.5) is 0 Å². The number of carbonyl (C=O) groups excluding carboxylic acids is 1. The van der Waals surface area contributed by atoms with Gasteiger partial charge >= 0.3 is 0 Å². The molecule has 0 bridgehead atoms. The van der Waals surface area contributed by atoms with Crippen LogP contribution in [0.2, 0.25) is 0 Å². The van der Waals surface area contributed by atoms with Gasteiger partial charge in [-0.25, -0.2) is 0 Å². The summed E-state index contributed by atoms with van der Waals surface area (Å²) < 4.78 is 0.